The van der Waals surface area contributed by atoms with E-state index in [1.165, 1.54) is 12.1 Å². The Labute approximate surface area is 306 Å². The van der Waals surface area contributed by atoms with Crippen LogP contribution in [0.2, 0.25) is 0 Å². The quantitative estimate of drug-likeness (QED) is 0.0505. The Kier molecular flexibility index (Phi) is 15.3. The number of hydrogen-bond donors (Lipinski definition) is 9. The number of nitrogens with zero attached hydrogens (tertiary/aromatic N) is 3. The van der Waals surface area contributed by atoms with E-state index in [9.17, 15) is 60.2 Å². The number of nitrogens with one attached hydrogen (secondary N) is 2. The summed E-state index contributed by atoms with van der Waals surface area (Å²) >= 11 is 0. The molecule has 8 atom stereocenters. The second kappa shape index (κ2) is 18.3. The van der Waals surface area contributed by atoms with Crippen molar-refractivity contribution in [3.05, 3.63) is 92.1 Å². The molecule has 0 amide bonds. The Hall–Kier alpha value is -3.36. The zero-order valence-electron chi connectivity index (χ0n) is 28.7. The van der Waals surface area contributed by atoms with E-state index in [-0.39, 0.29) is 35.8 Å². The summed E-state index contributed by atoms with van der Waals surface area (Å²) < 4.78 is 115. The first-order chi connectivity index (χ1) is 25.3. The normalized spacial score (nSPS) is 22.3. The van der Waals surface area contributed by atoms with Gasteiger partial charge in [0.15, 0.2) is 11.9 Å². The third kappa shape index (κ3) is 12.1. The van der Waals surface area contributed by atoms with E-state index in [4.69, 9.17) is 29.9 Å². The number of aromatic amines is 1. The van der Waals surface area contributed by atoms with Gasteiger partial charge in [-0.1, -0.05) is 0 Å². The standard InChI is InChI=1S/C23H22F7N4O7P.C7H17NO5/c1-12(14-8-15(22(25,26)27)10-16(9-14)23(28,29)30)41-20-19(13-2-4-17(24)5-3-13)34(36,6-7-40-20)11-18-31-21(35)33(32-18)42(37,38)39;1-8-2-4(10)6(12)7(13)5(11)3-9/h2-5,8-10,12,19-20H,6-7,11H2,1H3,(H,31,32,35)(H2,37,38,39);4-13H,2-3H2,1H3/t12-,19+,20-,34?;4-,5+,6+,7+/m10/s1. The van der Waals surface area contributed by atoms with E-state index in [1.807, 2.05) is 0 Å². The highest BCUT2D eigenvalue weighted by Crippen LogP contribution is 2.42. The molecule has 1 aliphatic heterocycles. The van der Waals surface area contributed by atoms with Crippen molar-refractivity contribution in [3.63, 3.8) is 0 Å². The number of alkyl halides is 6. The summed E-state index contributed by atoms with van der Waals surface area (Å²) in [5.41, 5.74) is -4.93. The van der Waals surface area contributed by atoms with Crippen molar-refractivity contribution in [1.82, 2.24) is 19.9 Å². The Morgan fingerprint density at radius 1 is 1.04 bits per heavy atom. The van der Waals surface area contributed by atoms with Crippen molar-refractivity contribution in [2.24, 2.45) is 0 Å². The maximum atomic E-state index is 14.2. The molecule has 1 unspecified atom stereocenters. The fourth-order valence-electron chi connectivity index (χ4n) is 5.40. The van der Waals surface area contributed by atoms with Crippen LogP contribution >= 0.6 is 7.75 Å². The van der Waals surface area contributed by atoms with Gasteiger partial charge in [-0.05, 0) is 62.0 Å². The molecular weight excluding hydrogens is 786 g/mol. The van der Waals surface area contributed by atoms with Gasteiger partial charge in [-0.15, -0.1) is 9.55 Å². The minimum absolute atomic E-state index is 0.0499. The van der Waals surface area contributed by atoms with Crippen LogP contribution in [-0.2, 0) is 32.9 Å². The zero-order chi connectivity index (χ0) is 41.7. The summed E-state index contributed by atoms with van der Waals surface area (Å²) in [6, 6.07) is 3.75. The minimum atomic E-state index is -5.18. The number of halogens is 7. The number of ether oxygens (including phenoxy) is 2. The molecule has 1 aromatic heterocycles. The molecule has 55 heavy (non-hydrogen) atoms. The predicted octanol–water partition coefficient (Wildman–Crippen LogP) is 1.02. The Morgan fingerprint density at radius 3 is 2.05 bits per heavy atom. The van der Waals surface area contributed by atoms with Gasteiger partial charge in [-0.25, -0.2) is 13.8 Å². The lowest BCUT2D eigenvalue weighted by molar-refractivity contribution is -0.941. The van der Waals surface area contributed by atoms with E-state index >= 15 is 0 Å². The number of aromatic nitrogens is 3. The summed E-state index contributed by atoms with van der Waals surface area (Å²) in [5, 5.41) is 65.2. The van der Waals surface area contributed by atoms with Crippen molar-refractivity contribution in [1.29, 1.82) is 0 Å². The molecule has 1 aliphatic rings. The molecule has 0 bridgehead atoms. The lowest BCUT2D eigenvalue weighted by Gasteiger charge is -2.53. The molecule has 0 radical (unpaired) electrons. The predicted molar refractivity (Wildman–Crippen MR) is 172 cm³/mol. The van der Waals surface area contributed by atoms with Crippen LogP contribution in [0, 0.1) is 11.0 Å². The summed E-state index contributed by atoms with van der Waals surface area (Å²) in [4.78, 5) is 32.6. The number of rotatable bonds is 13. The first kappa shape index (κ1) is 46.0. The molecule has 0 spiro atoms. The molecule has 0 aliphatic carbocycles. The molecule has 4 rings (SSSR count). The van der Waals surface area contributed by atoms with Crippen molar-refractivity contribution in [3.8, 4) is 0 Å². The summed E-state index contributed by atoms with van der Waals surface area (Å²) in [6.07, 6.45) is -19.0. The Bertz CT molecular complexity index is 1780. The molecule has 9 N–H and O–H groups in total. The van der Waals surface area contributed by atoms with Gasteiger partial charge in [0.05, 0.1) is 36.5 Å². The maximum Gasteiger partial charge on any atom is 0.454 e. The van der Waals surface area contributed by atoms with Crippen LogP contribution in [0.5, 0.6) is 0 Å². The van der Waals surface area contributed by atoms with Crippen LogP contribution in [0.25, 0.3) is 0 Å². The third-order valence-corrected chi connectivity index (χ3v) is 8.96. The van der Waals surface area contributed by atoms with Gasteiger partial charge >= 0.3 is 25.8 Å². The molecule has 17 nitrogen and oxygen atoms in total. The SMILES string of the molecule is CNC[C@H](O)[C@@H](O)[C@H](O)[C@H](O)CO.C[C@@H](O[C@H]1OCC[N+]([O-])(Cc2nn(P(=O)(O)O)c(=O)[nH]2)[C@H]1c1ccc(F)cc1)c1cc(C(F)(F)F)cc(C(F)(F)F)c1. The van der Waals surface area contributed by atoms with Gasteiger partial charge in [0.1, 0.15) is 37.2 Å². The molecule has 2 aromatic carbocycles. The maximum absolute atomic E-state index is 14.2. The van der Waals surface area contributed by atoms with Gasteiger partial charge in [-0.3, -0.25) is 4.98 Å². The first-order valence-electron chi connectivity index (χ1n) is 15.9. The van der Waals surface area contributed by atoms with Crippen LogP contribution in [0.3, 0.4) is 0 Å². The molecular formula is C30H39F7N5O12P. The van der Waals surface area contributed by atoms with Gasteiger partial charge in [0, 0.05) is 12.1 Å². The topological polar surface area (TPSA) is 263 Å². The number of hydrogen-bond acceptors (Lipinski definition) is 12. The number of aliphatic hydroxyl groups excluding tert-OH is 5. The average molecular weight is 826 g/mol. The van der Waals surface area contributed by atoms with E-state index < -0.39 is 115 Å². The lowest BCUT2D eigenvalue weighted by atomic mass is 10.00. The lowest BCUT2D eigenvalue weighted by Crippen LogP contribution is -2.56. The number of morpholine rings is 1. The molecule has 310 valence electrons. The fourth-order valence-corrected chi connectivity index (χ4v) is 5.91. The van der Waals surface area contributed by atoms with Crippen LogP contribution in [0.15, 0.2) is 47.3 Å². The Balaban J connectivity index is 0.000000534. The minimum Gasteiger partial charge on any atom is -0.632 e. The average Bonchev–Trinajstić information content (AvgIpc) is 3.47. The van der Waals surface area contributed by atoms with Crippen molar-refractivity contribution >= 4 is 7.75 Å². The van der Waals surface area contributed by atoms with Crippen LogP contribution < -0.4 is 11.0 Å². The Morgan fingerprint density at radius 2 is 1.58 bits per heavy atom. The number of quaternary nitrogens is 1. The largest absolute Gasteiger partial charge is 0.632 e. The van der Waals surface area contributed by atoms with Crippen LogP contribution in [-0.4, -0.2) is 119 Å². The van der Waals surface area contributed by atoms with E-state index in [1.54, 1.807) is 7.05 Å². The monoisotopic (exact) mass is 825 g/mol. The number of aliphatic hydroxyl groups is 5. The highest BCUT2D eigenvalue weighted by molar-refractivity contribution is 7.49. The second-order valence-electron chi connectivity index (χ2n) is 12.3. The number of H-pyrrole nitrogens is 1. The molecule has 2 heterocycles. The molecule has 1 saturated heterocycles. The van der Waals surface area contributed by atoms with Gasteiger partial charge < -0.3 is 60.0 Å². The molecule has 25 heteroatoms. The summed E-state index contributed by atoms with van der Waals surface area (Å²) in [6.45, 7) is -0.875. The number of likely N-dealkylation sites (N-methyl/N-ethyl adjacent to an activating group) is 1. The van der Waals surface area contributed by atoms with Crippen LogP contribution in [0.4, 0.5) is 30.7 Å². The van der Waals surface area contributed by atoms with Gasteiger partial charge in [0.25, 0.3) is 0 Å². The van der Waals surface area contributed by atoms with Gasteiger partial charge in [0.2, 0.25) is 6.29 Å². The molecule has 1 fully saturated rings. The van der Waals surface area contributed by atoms with Crippen molar-refractivity contribution in [2.75, 3.05) is 33.4 Å². The zero-order valence-corrected chi connectivity index (χ0v) is 29.6. The number of benzene rings is 2. The molecule has 0 saturated carbocycles. The van der Waals surface area contributed by atoms with Gasteiger partial charge in [-0.2, -0.15) is 26.3 Å². The van der Waals surface area contributed by atoms with E-state index in [0.717, 1.165) is 19.1 Å². The highest BCUT2D eigenvalue weighted by atomic mass is 31.2. The second-order valence-corrected chi connectivity index (χ2v) is 13.7. The van der Waals surface area contributed by atoms with Crippen molar-refractivity contribution in [2.45, 2.75) is 68.7 Å². The fraction of sp³-hybridized carbons (Fsp3) is 0.533. The molecule has 3 aromatic rings. The van der Waals surface area contributed by atoms with E-state index in [2.05, 4.69) is 15.4 Å². The smallest absolute Gasteiger partial charge is 0.454 e. The summed E-state index contributed by atoms with van der Waals surface area (Å²) in [5.74, 6) is -1.15. The first-order valence-corrected chi connectivity index (χ1v) is 17.5. The number of hydroxylamine groups is 3. The summed E-state index contributed by atoms with van der Waals surface area (Å²) in [7, 11) is -3.61. The van der Waals surface area contributed by atoms with E-state index in [0.29, 0.717) is 12.1 Å². The van der Waals surface area contributed by atoms with Crippen molar-refractivity contribution < 1.29 is 84.7 Å². The van der Waals surface area contributed by atoms with Crippen LogP contribution in [0.1, 0.15) is 47.1 Å². The third-order valence-electron chi connectivity index (χ3n) is 8.20. The highest BCUT2D eigenvalue weighted by Gasteiger charge is 2.45.